The molecule has 0 aliphatic rings. The number of carbonyl (C=O) groups is 7. The molecule has 8 aromatic rings. The Labute approximate surface area is 667 Å². The number of benzene rings is 8. The molecule has 8 aromatic carbocycles. The lowest BCUT2D eigenvalue weighted by atomic mass is 10.2. The predicted octanol–water partition coefficient (Wildman–Crippen LogP) is 21.2. The molecule has 0 bridgehead atoms. The third-order valence-electron chi connectivity index (χ3n) is 13.5. The Morgan fingerprint density at radius 3 is 0.972 bits per heavy atom. The number of carbonyl (C=O) groups excluding carboxylic acids is 5. The number of esters is 3. The van der Waals surface area contributed by atoms with Gasteiger partial charge in [0, 0.05) is 74.8 Å². The van der Waals surface area contributed by atoms with Crippen LogP contribution in [0.15, 0.2) is 267 Å². The molecule has 0 aliphatic carbocycles. The molecular weight excluding hydrogens is 1480 g/mol. The number of carboxylic acids is 2. The van der Waals surface area contributed by atoms with Gasteiger partial charge in [-0.1, -0.05) is 255 Å². The van der Waals surface area contributed by atoms with Crippen molar-refractivity contribution in [1.29, 1.82) is 0 Å². The first-order valence-corrected chi connectivity index (χ1v) is 42.9. The Bertz CT molecular complexity index is 3420. The van der Waals surface area contributed by atoms with E-state index in [0.717, 1.165) is 94.6 Å². The molecule has 2 atom stereocenters. The van der Waals surface area contributed by atoms with Crippen molar-refractivity contribution in [3.8, 4) is 0 Å². The van der Waals surface area contributed by atoms with Gasteiger partial charge in [0.15, 0.2) is 0 Å². The maximum atomic E-state index is 11.9. The zero-order valence-corrected chi connectivity index (χ0v) is 67.9. The molecule has 8 rings (SSSR count). The van der Waals surface area contributed by atoms with Crippen molar-refractivity contribution in [3.05, 3.63) is 312 Å². The van der Waals surface area contributed by atoms with Gasteiger partial charge in [-0.2, -0.15) is 95.8 Å². The van der Waals surface area contributed by atoms with Crippen LogP contribution in [0.5, 0.6) is 0 Å². The van der Waals surface area contributed by atoms with Gasteiger partial charge in [0.25, 0.3) is 0 Å². The Balaban J connectivity index is 0.000000638. The lowest BCUT2D eigenvalue weighted by molar-refractivity contribution is -0.151. The maximum absolute atomic E-state index is 11.9. The van der Waals surface area contributed by atoms with E-state index in [1.165, 1.54) is 56.7 Å². The second kappa shape index (κ2) is 70.7. The number of thioether (sulfide) groups is 6. The van der Waals surface area contributed by atoms with Crippen LogP contribution >= 0.6 is 95.8 Å². The quantitative estimate of drug-likeness (QED) is 0.00541. The molecule has 0 aromatic heterocycles. The fourth-order valence-corrected chi connectivity index (χ4v) is 15.1. The Morgan fingerprint density at radius 1 is 0.396 bits per heavy atom. The van der Waals surface area contributed by atoms with E-state index in [-0.39, 0.29) is 30.2 Å². The van der Waals surface area contributed by atoms with Crippen LogP contribution in [0.3, 0.4) is 0 Å². The van der Waals surface area contributed by atoms with E-state index in [1.54, 1.807) is 37.4 Å². The molecule has 0 fully saturated rings. The number of aliphatic carboxylic acids is 2. The van der Waals surface area contributed by atoms with Crippen molar-refractivity contribution in [2.45, 2.75) is 122 Å². The van der Waals surface area contributed by atoms with Crippen molar-refractivity contribution in [3.63, 3.8) is 0 Å². The summed E-state index contributed by atoms with van der Waals surface area (Å²) in [6.45, 7) is 9.52. The first-order chi connectivity index (χ1) is 51.7. The van der Waals surface area contributed by atoms with Gasteiger partial charge in [0.2, 0.25) is 0 Å². The molecular formula is C86H106O12S8. The van der Waals surface area contributed by atoms with Crippen LogP contribution in [0, 0.1) is 0 Å². The molecule has 20 heteroatoms. The SMILES string of the molecule is C=CC=O.CCOC(=O)/C=C/CCSCc1ccccc1.CCOC(=O)CC(=O)O.CCOC(=O)CC(CCSCc1ccccc1)SCc1ccccc1.O=C(O)CC(CCSCc1ccccc1)SCc1ccccc1.O=CCCSCc1ccccc1.SCc1ccccc1.SCc1ccccc1. The predicted molar refractivity (Wildman–Crippen MR) is 461 cm³/mol. The minimum Gasteiger partial charge on any atom is -0.481 e. The highest BCUT2D eigenvalue weighted by Gasteiger charge is 2.17. The Hall–Kier alpha value is -7.27. The monoisotopic (exact) mass is 1590 g/mol. The summed E-state index contributed by atoms with van der Waals surface area (Å²) >= 11 is 19.3. The molecule has 12 nitrogen and oxygen atoms in total. The molecule has 0 radical (unpaired) electrons. The highest BCUT2D eigenvalue weighted by atomic mass is 32.2. The van der Waals surface area contributed by atoms with Gasteiger partial charge < -0.3 is 29.2 Å². The van der Waals surface area contributed by atoms with Gasteiger partial charge >= 0.3 is 29.8 Å². The summed E-state index contributed by atoms with van der Waals surface area (Å²) in [6, 6.07) is 82.6. The molecule has 2 N–H and O–H groups in total. The van der Waals surface area contributed by atoms with Gasteiger partial charge in [-0.3, -0.25) is 24.0 Å². The molecule has 106 heavy (non-hydrogen) atoms. The topological polar surface area (TPSA) is 188 Å². The normalized spacial score (nSPS) is 10.5. The summed E-state index contributed by atoms with van der Waals surface area (Å²) in [4.78, 5) is 73.0. The second-order valence-corrected chi connectivity index (χ2v) is 29.7. The molecule has 2 unspecified atom stereocenters. The van der Waals surface area contributed by atoms with Crippen molar-refractivity contribution in [2.24, 2.45) is 0 Å². The maximum Gasteiger partial charge on any atom is 0.330 e. The number of hydrogen-bond donors (Lipinski definition) is 4. The van der Waals surface area contributed by atoms with Crippen LogP contribution in [0.2, 0.25) is 0 Å². The minimum atomic E-state index is -1.16. The van der Waals surface area contributed by atoms with Crippen molar-refractivity contribution < 1.29 is 58.0 Å². The summed E-state index contributed by atoms with van der Waals surface area (Å²) in [5.41, 5.74) is 10.4. The number of aldehydes is 2. The lowest BCUT2D eigenvalue weighted by Crippen LogP contribution is -2.14. The number of allylic oxidation sites excluding steroid dienone is 2. The van der Waals surface area contributed by atoms with E-state index in [0.29, 0.717) is 37.6 Å². The van der Waals surface area contributed by atoms with Crippen LogP contribution in [-0.2, 0) is 93.8 Å². The second-order valence-electron chi connectivity index (χ2n) is 22.1. The van der Waals surface area contributed by atoms with Crippen LogP contribution in [0.4, 0.5) is 0 Å². The van der Waals surface area contributed by atoms with E-state index in [4.69, 9.17) is 24.5 Å². The molecule has 0 saturated carbocycles. The summed E-state index contributed by atoms with van der Waals surface area (Å²) in [5, 5.41) is 17.6. The van der Waals surface area contributed by atoms with Gasteiger partial charge in [-0.15, -0.1) is 0 Å². The highest BCUT2D eigenvalue weighted by molar-refractivity contribution is 8.00. The zero-order valence-electron chi connectivity index (χ0n) is 61.2. The average molecular weight is 1590 g/mol. The minimum absolute atomic E-state index is 0.0823. The first kappa shape index (κ1) is 96.7. The van der Waals surface area contributed by atoms with Crippen molar-refractivity contribution in [1.82, 2.24) is 0 Å². The summed E-state index contributed by atoms with van der Waals surface area (Å²) in [5.74, 6) is 8.64. The number of carboxylic acid groups (broad SMARTS) is 2. The smallest absolute Gasteiger partial charge is 0.330 e. The van der Waals surface area contributed by atoms with Crippen LogP contribution in [0.25, 0.3) is 0 Å². The van der Waals surface area contributed by atoms with E-state index in [9.17, 15) is 28.8 Å². The van der Waals surface area contributed by atoms with Crippen LogP contribution < -0.4 is 0 Å². The first-order valence-electron chi connectivity index (χ1n) is 34.9. The molecule has 0 heterocycles. The molecule has 0 aliphatic heterocycles. The lowest BCUT2D eigenvalue weighted by Gasteiger charge is -2.16. The van der Waals surface area contributed by atoms with E-state index in [2.05, 4.69) is 182 Å². The zero-order chi connectivity index (χ0) is 77.4. The highest BCUT2D eigenvalue weighted by Crippen LogP contribution is 2.28. The van der Waals surface area contributed by atoms with Crippen molar-refractivity contribution >= 4 is 138 Å². The van der Waals surface area contributed by atoms with Gasteiger partial charge in [-0.05, 0) is 108 Å². The Kier molecular flexibility index (Phi) is 64.5. The van der Waals surface area contributed by atoms with Crippen LogP contribution in [-0.4, -0.2) is 106 Å². The standard InChI is InChI=1S/C21H26O2S2.C19H22O2S2.C14H18O2S.C10H12OS.2C7H8S.C5H8O4.C3H4O/c1-2-23-21(22)15-20(25-17-19-11-7-4-8-12-19)13-14-24-16-18-9-5-3-6-10-18;20-19(21)13-18(23-15-17-9-5-2-6-10-17)11-12-22-14-16-7-3-1-4-8-16;1-2-16-14(15)10-6-7-11-17-12-13-8-4-3-5-9-13;11-7-4-8-12-9-10-5-2-1-3-6-10;2*8-6-7-4-2-1-3-5-7;1-2-9-5(8)3-4(6)7;1-2-3-4/h3-12,20H,2,13-17H2,1H3;1-10,18H,11-15H2,(H,20,21);3-6,8-10H,2,7,11-12H2,1H3;1-3,5-7H,4,8-9H2;2*1-5,8H,6H2;2-3H2,1H3,(H,6,7);2-3H,1H2/b;;10-6+;;;;;. The number of hydrogen-bond acceptors (Lipinski definition) is 18. The number of rotatable bonds is 39. The number of ether oxygens (including phenoxy) is 3. The van der Waals surface area contributed by atoms with E-state index < -0.39 is 24.3 Å². The molecule has 0 spiro atoms. The van der Waals surface area contributed by atoms with Gasteiger partial charge in [0.1, 0.15) is 19.0 Å². The van der Waals surface area contributed by atoms with E-state index in [1.807, 2.05) is 157 Å². The van der Waals surface area contributed by atoms with Gasteiger partial charge in [-0.25, -0.2) is 4.79 Å². The van der Waals surface area contributed by atoms with E-state index >= 15 is 0 Å². The largest absolute Gasteiger partial charge is 0.481 e. The fourth-order valence-electron chi connectivity index (χ4n) is 8.31. The van der Waals surface area contributed by atoms with Crippen molar-refractivity contribution in [2.75, 3.05) is 42.8 Å². The molecule has 570 valence electrons. The molecule has 0 saturated heterocycles. The summed E-state index contributed by atoms with van der Waals surface area (Å²) in [6.07, 6.45) is 9.89. The average Bonchev–Trinajstić information content (AvgIpc) is 1.24. The summed E-state index contributed by atoms with van der Waals surface area (Å²) in [7, 11) is 0. The van der Waals surface area contributed by atoms with Crippen LogP contribution in [0.1, 0.15) is 110 Å². The third-order valence-corrected chi connectivity index (χ3v) is 21.2. The summed E-state index contributed by atoms with van der Waals surface area (Å²) < 4.78 is 14.3. The van der Waals surface area contributed by atoms with Gasteiger partial charge in [0.05, 0.1) is 32.7 Å². The Morgan fingerprint density at radius 2 is 0.689 bits per heavy atom. The fraction of sp³-hybridized carbons (Fsp3) is 0.314. The number of thiol groups is 2. The third kappa shape index (κ3) is 59.8. The molecule has 0 amide bonds.